The first-order valence-corrected chi connectivity index (χ1v) is 8.11. The molecule has 0 fully saturated rings. The number of hydrogen-bond donors (Lipinski definition) is 1. The van der Waals surface area contributed by atoms with E-state index in [0.29, 0.717) is 0 Å². The summed E-state index contributed by atoms with van der Waals surface area (Å²) in [5, 5.41) is 0. The summed E-state index contributed by atoms with van der Waals surface area (Å²) in [6.07, 6.45) is 0.903. The minimum Gasteiger partial charge on any atom is -0.327 e. The number of halogens is 1. The second-order valence-electron chi connectivity index (χ2n) is 4.68. The molecule has 0 amide bonds. The predicted octanol–water partition coefficient (Wildman–Crippen LogP) is 4.42. The standard InChI is InChI=1S/C16H18BrNS/c1-12-5-4-7-15(9-12)19-11-14(18)10-13-6-2-3-8-16(13)17/h2-9,14H,10-11,18H2,1H3. The summed E-state index contributed by atoms with van der Waals surface area (Å²) in [7, 11) is 0. The fraction of sp³-hybridized carbons (Fsp3) is 0.250. The van der Waals surface area contributed by atoms with Crippen molar-refractivity contribution in [3.63, 3.8) is 0 Å². The average Bonchev–Trinajstić information content (AvgIpc) is 2.39. The number of benzene rings is 2. The topological polar surface area (TPSA) is 26.0 Å². The molecular formula is C16H18BrNS. The number of rotatable bonds is 5. The minimum absolute atomic E-state index is 0.171. The molecule has 2 aromatic carbocycles. The van der Waals surface area contributed by atoms with E-state index in [0.717, 1.165) is 16.6 Å². The molecule has 0 heterocycles. The second-order valence-corrected chi connectivity index (χ2v) is 6.63. The molecule has 2 aromatic rings. The van der Waals surface area contributed by atoms with Crippen LogP contribution in [0.1, 0.15) is 11.1 Å². The SMILES string of the molecule is Cc1cccc(SCC(N)Cc2ccccc2Br)c1. The summed E-state index contributed by atoms with van der Waals surface area (Å²) in [5.41, 5.74) is 8.79. The molecule has 0 saturated heterocycles. The van der Waals surface area contributed by atoms with Crippen molar-refractivity contribution < 1.29 is 0 Å². The molecule has 0 aliphatic rings. The third kappa shape index (κ3) is 4.68. The van der Waals surface area contributed by atoms with Gasteiger partial charge in [-0.15, -0.1) is 11.8 Å². The van der Waals surface area contributed by atoms with Gasteiger partial charge in [0.2, 0.25) is 0 Å². The average molecular weight is 336 g/mol. The smallest absolute Gasteiger partial charge is 0.0207 e. The molecule has 0 spiro atoms. The maximum absolute atomic E-state index is 6.22. The Morgan fingerprint density at radius 1 is 1.16 bits per heavy atom. The van der Waals surface area contributed by atoms with Crippen molar-refractivity contribution in [2.75, 3.05) is 5.75 Å². The monoisotopic (exact) mass is 335 g/mol. The maximum Gasteiger partial charge on any atom is 0.0207 e. The largest absolute Gasteiger partial charge is 0.327 e. The van der Waals surface area contributed by atoms with Crippen LogP contribution in [0.2, 0.25) is 0 Å². The molecule has 0 aromatic heterocycles. The Bertz CT molecular complexity index is 542. The Morgan fingerprint density at radius 2 is 1.95 bits per heavy atom. The summed E-state index contributed by atoms with van der Waals surface area (Å²) >= 11 is 5.40. The van der Waals surface area contributed by atoms with Crippen LogP contribution in [0.3, 0.4) is 0 Å². The van der Waals surface area contributed by atoms with Crippen LogP contribution in [-0.4, -0.2) is 11.8 Å². The zero-order chi connectivity index (χ0) is 13.7. The van der Waals surface area contributed by atoms with Gasteiger partial charge >= 0.3 is 0 Å². The third-order valence-electron chi connectivity index (χ3n) is 2.89. The van der Waals surface area contributed by atoms with E-state index in [2.05, 4.69) is 65.3 Å². The summed E-state index contributed by atoms with van der Waals surface area (Å²) in [6, 6.07) is 17.0. The number of aryl methyl sites for hydroxylation is 1. The van der Waals surface area contributed by atoms with Gasteiger partial charge in [0.25, 0.3) is 0 Å². The molecule has 0 aliphatic carbocycles. The Morgan fingerprint density at radius 3 is 2.68 bits per heavy atom. The highest BCUT2D eigenvalue weighted by molar-refractivity contribution is 9.10. The van der Waals surface area contributed by atoms with E-state index < -0.39 is 0 Å². The van der Waals surface area contributed by atoms with Crippen LogP contribution in [0.4, 0.5) is 0 Å². The fourth-order valence-corrected chi connectivity index (χ4v) is 3.33. The molecule has 1 atom stereocenters. The van der Waals surface area contributed by atoms with E-state index in [1.165, 1.54) is 16.0 Å². The molecule has 0 saturated carbocycles. The van der Waals surface area contributed by atoms with Crippen molar-refractivity contribution in [3.05, 3.63) is 64.1 Å². The van der Waals surface area contributed by atoms with Crippen LogP contribution in [0.15, 0.2) is 57.9 Å². The lowest BCUT2D eigenvalue weighted by atomic mass is 10.1. The lowest BCUT2D eigenvalue weighted by Crippen LogP contribution is -2.25. The molecular weight excluding hydrogens is 318 g/mol. The summed E-state index contributed by atoms with van der Waals surface area (Å²) < 4.78 is 1.14. The molecule has 19 heavy (non-hydrogen) atoms. The minimum atomic E-state index is 0.171. The molecule has 0 radical (unpaired) electrons. The van der Waals surface area contributed by atoms with Crippen molar-refractivity contribution in [2.45, 2.75) is 24.3 Å². The highest BCUT2D eigenvalue weighted by atomic mass is 79.9. The van der Waals surface area contributed by atoms with Crippen LogP contribution < -0.4 is 5.73 Å². The molecule has 2 N–H and O–H groups in total. The third-order valence-corrected chi connectivity index (χ3v) is 4.85. The summed E-state index contributed by atoms with van der Waals surface area (Å²) in [6.45, 7) is 2.12. The van der Waals surface area contributed by atoms with E-state index in [9.17, 15) is 0 Å². The van der Waals surface area contributed by atoms with E-state index in [-0.39, 0.29) is 6.04 Å². The van der Waals surface area contributed by atoms with Gasteiger partial charge in [-0.1, -0.05) is 51.8 Å². The van der Waals surface area contributed by atoms with E-state index >= 15 is 0 Å². The number of thioether (sulfide) groups is 1. The van der Waals surface area contributed by atoms with E-state index in [1.807, 2.05) is 17.8 Å². The van der Waals surface area contributed by atoms with Crippen molar-refractivity contribution in [1.82, 2.24) is 0 Å². The first-order chi connectivity index (χ1) is 9.15. The van der Waals surface area contributed by atoms with Crippen molar-refractivity contribution in [1.29, 1.82) is 0 Å². The molecule has 3 heteroatoms. The Labute approximate surface area is 127 Å². The Balaban J connectivity index is 1.88. The van der Waals surface area contributed by atoms with Gasteiger partial charge in [0.15, 0.2) is 0 Å². The Kier molecular flexibility index (Phi) is 5.49. The van der Waals surface area contributed by atoms with Crippen molar-refractivity contribution >= 4 is 27.7 Å². The van der Waals surface area contributed by atoms with Crippen molar-refractivity contribution in [3.8, 4) is 0 Å². The molecule has 100 valence electrons. The van der Waals surface area contributed by atoms with Gasteiger partial charge in [-0.3, -0.25) is 0 Å². The highest BCUT2D eigenvalue weighted by Gasteiger charge is 2.07. The first-order valence-electron chi connectivity index (χ1n) is 6.33. The predicted molar refractivity (Wildman–Crippen MR) is 87.7 cm³/mol. The molecule has 1 nitrogen and oxygen atoms in total. The van der Waals surface area contributed by atoms with Gasteiger partial charge in [-0.05, 0) is 37.1 Å². The number of hydrogen-bond acceptors (Lipinski definition) is 2. The normalized spacial score (nSPS) is 12.4. The van der Waals surface area contributed by atoms with Crippen LogP contribution in [0, 0.1) is 6.92 Å². The van der Waals surface area contributed by atoms with Gasteiger partial charge in [-0.25, -0.2) is 0 Å². The van der Waals surface area contributed by atoms with E-state index in [1.54, 1.807) is 0 Å². The van der Waals surface area contributed by atoms with Gasteiger partial charge in [0, 0.05) is 21.2 Å². The number of nitrogens with two attached hydrogens (primary N) is 1. The lowest BCUT2D eigenvalue weighted by molar-refractivity contribution is 0.746. The highest BCUT2D eigenvalue weighted by Crippen LogP contribution is 2.22. The molecule has 2 rings (SSSR count). The molecule has 0 aliphatic heterocycles. The van der Waals surface area contributed by atoms with Gasteiger partial charge in [-0.2, -0.15) is 0 Å². The van der Waals surface area contributed by atoms with Gasteiger partial charge in [0.05, 0.1) is 0 Å². The fourth-order valence-electron chi connectivity index (χ4n) is 1.91. The maximum atomic E-state index is 6.22. The van der Waals surface area contributed by atoms with E-state index in [4.69, 9.17) is 5.73 Å². The zero-order valence-corrected chi connectivity index (χ0v) is 13.4. The van der Waals surface area contributed by atoms with Gasteiger partial charge < -0.3 is 5.73 Å². The quantitative estimate of drug-likeness (QED) is 0.818. The van der Waals surface area contributed by atoms with Crippen LogP contribution in [0.25, 0.3) is 0 Å². The molecule has 0 bridgehead atoms. The van der Waals surface area contributed by atoms with Crippen LogP contribution in [0.5, 0.6) is 0 Å². The molecule has 1 unspecified atom stereocenters. The summed E-state index contributed by atoms with van der Waals surface area (Å²) in [4.78, 5) is 1.29. The van der Waals surface area contributed by atoms with Crippen LogP contribution in [-0.2, 0) is 6.42 Å². The van der Waals surface area contributed by atoms with Crippen LogP contribution >= 0.6 is 27.7 Å². The lowest BCUT2D eigenvalue weighted by Gasteiger charge is -2.12. The zero-order valence-electron chi connectivity index (χ0n) is 11.0. The first kappa shape index (κ1) is 14.6. The summed E-state index contributed by atoms with van der Waals surface area (Å²) in [5.74, 6) is 0.935. The Hall–Kier alpha value is -0.770. The van der Waals surface area contributed by atoms with Gasteiger partial charge in [0.1, 0.15) is 0 Å². The second kappa shape index (κ2) is 7.13. The van der Waals surface area contributed by atoms with Crippen molar-refractivity contribution in [2.24, 2.45) is 5.73 Å².